The van der Waals surface area contributed by atoms with E-state index in [0.717, 1.165) is 31.1 Å². The molecule has 0 saturated heterocycles. The monoisotopic (exact) mass is 348 g/mol. The van der Waals surface area contributed by atoms with Gasteiger partial charge in [0, 0.05) is 5.41 Å². The lowest BCUT2D eigenvalue weighted by molar-refractivity contribution is -0.183. The Kier molecular flexibility index (Phi) is 4.12. The van der Waals surface area contributed by atoms with Gasteiger partial charge in [-0.1, -0.05) is 25.5 Å². The van der Waals surface area contributed by atoms with Crippen LogP contribution in [0.2, 0.25) is 0 Å². The van der Waals surface area contributed by atoms with Gasteiger partial charge in [0.2, 0.25) is 0 Å². The van der Waals surface area contributed by atoms with E-state index < -0.39 is 34.1 Å². The summed E-state index contributed by atoms with van der Waals surface area (Å²) in [5.74, 6) is -2.84. The molecule has 0 radical (unpaired) electrons. The van der Waals surface area contributed by atoms with Gasteiger partial charge in [0.1, 0.15) is 6.29 Å². The summed E-state index contributed by atoms with van der Waals surface area (Å²) in [6.45, 7) is 7.62. The fourth-order valence-corrected chi connectivity index (χ4v) is 6.64. The molecular weight excluding hydrogens is 320 g/mol. The molecule has 3 fully saturated rings. The summed E-state index contributed by atoms with van der Waals surface area (Å²) in [4.78, 5) is 36.3. The van der Waals surface area contributed by atoms with E-state index in [9.17, 15) is 24.6 Å². The summed E-state index contributed by atoms with van der Waals surface area (Å²) < 4.78 is 0. The van der Waals surface area contributed by atoms with Gasteiger partial charge in [-0.05, 0) is 62.7 Å². The molecule has 2 bridgehead atoms. The average Bonchev–Trinajstić information content (AvgIpc) is 2.77. The Morgan fingerprint density at radius 1 is 1.20 bits per heavy atom. The zero-order chi connectivity index (χ0) is 18.6. The minimum atomic E-state index is -1.30. The molecule has 5 heteroatoms. The van der Waals surface area contributed by atoms with Gasteiger partial charge < -0.3 is 15.0 Å². The molecule has 3 aliphatic rings. The van der Waals surface area contributed by atoms with Crippen molar-refractivity contribution in [2.24, 2.45) is 34.0 Å². The Hall–Kier alpha value is -1.65. The van der Waals surface area contributed by atoms with Crippen LogP contribution in [0.1, 0.15) is 58.8 Å². The lowest BCUT2D eigenvalue weighted by Gasteiger charge is -2.56. The maximum atomic E-state index is 12.2. The van der Waals surface area contributed by atoms with E-state index in [0.29, 0.717) is 31.6 Å². The highest BCUT2D eigenvalue weighted by Crippen LogP contribution is 2.66. The molecule has 2 N–H and O–H groups in total. The number of carboxylic acid groups (broad SMARTS) is 2. The predicted molar refractivity (Wildman–Crippen MR) is 91.9 cm³/mol. The number of carboxylic acids is 2. The first-order valence-electron chi connectivity index (χ1n) is 9.21. The third-order valence-electron chi connectivity index (χ3n) is 7.73. The smallest absolute Gasteiger partial charge is 0.310 e. The Morgan fingerprint density at radius 2 is 1.88 bits per heavy atom. The Balaban J connectivity index is 2.09. The summed E-state index contributed by atoms with van der Waals surface area (Å²) in [5.41, 5.74) is -1.47. The van der Waals surface area contributed by atoms with E-state index in [2.05, 4.69) is 6.58 Å². The van der Waals surface area contributed by atoms with Crippen molar-refractivity contribution in [3.05, 3.63) is 12.2 Å². The molecule has 0 aromatic rings. The van der Waals surface area contributed by atoms with E-state index in [1.807, 2.05) is 6.92 Å². The Morgan fingerprint density at radius 3 is 2.44 bits per heavy atom. The van der Waals surface area contributed by atoms with Gasteiger partial charge in [0.05, 0.1) is 11.3 Å². The maximum Gasteiger partial charge on any atom is 0.310 e. The standard InChI is InChI=1S/C20H28O5/c1-12-9-20(11-21)10-13(12)5-6-14(20)18(2)7-4-8-19(3,17(24)25)15(18)16(22)23/h11,13-15H,1,4-10H2,2-3H3,(H,22,23)(H,24,25)/t13-,14?,15+,18+,19-,20-/m1/s1. The van der Waals surface area contributed by atoms with E-state index >= 15 is 0 Å². The van der Waals surface area contributed by atoms with Crippen LogP contribution in [0.25, 0.3) is 0 Å². The molecule has 0 aromatic carbocycles. The minimum Gasteiger partial charge on any atom is -0.481 e. The van der Waals surface area contributed by atoms with Gasteiger partial charge in [-0.15, -0.1) is 0 Å². The van der Waals surface area contributed by atoms with Gasteiger partial charge in [-0.3, -0.25) is 9.59 Å². The molecule has 25 heavy (non-hydrogen) atoms. The molecule has 1 unspecified atom stereocenters. The van der Waals surface area contributed by atoms with Gasteiger partial charge in [-0.2, -0.15) is 0 Å². The van der Waals surface area contributed by atoms with Crippen LogP contribution >= 0.6 is 0 Å². The van der Waals surface area contributed by atoms with Crippen molar-refractivity contribution in [2.75, 3.05) is 0 Å². The van der Waals surface area contributed by atoms with Crippen LogP contribution in [0.3, 0.4) is 0 Å². The second-order valence-electron chi connectivity index (χ2n) is 9.07. The second kappa shape index (κ2) is 5.68. The highest BCUT2D eigenvalue weighted by molar-refractivity contribution is 5.84. The number of hydrogen-bond acceptors (Lipinski definition) is 3. The van der Waals surface area contributed by atoms with Crippen LogP contribution in [0, 0.1) is 34.0 Å². The predicted octanol–water partition coefficient (Wildman–Crippen LogP) is 3.53. The largest absolute Gasteiger partial charge is 0.481 e. The maximum absolute atomic E-state index is 12.2. The molecule has 0 aliphatic heterocycles. The minimum absolute atomic E-state index is 0.104. The van der Waals surface area contributed by atoms with Gasteiger partial charge in [-0.25, -0.2) is 0 Å². The SMILES string of the molecule is C=C1C[C@]2(C=O)C[C@H]1CCC2[C@]1(C)CCC[C@@](C)(C(=O)O)[C@H]1C(=O)O. The fourth-order valence-electron chi connectivity index (χ4n) is 6.64. The summed E-state index contributed by atoms with van der Waals surface area (Å²) in [7, 11) is 0. The molecule has 3 aliphatic carbocycles. The molecule has 3 saturated carbocycles. The molecule has 0 heterocycles. The first kappa shape index (κ1) is 18.2. The van der Waals surface area contributed by atoms with Crippen LogP contribution in [0.5, 0.6) is 0 Å². The van der Waals surface area contributed by atoms with E-state index in [1.165, 1.54) is 0 Å². The van der Waals surface area contributed by atoms with Crippen molar-refractivity contribution in [1.29, 1.82) is 0 Å². The third kappa shape index (κ3) is 2.38. The normalized spacial score (nSPS) is 46.6. The first-order valence-corrected chi connectivity index (χ1v) is 9.21. The van der Waals surface area contributed by atoms with Crippen molar-refractivity contribution < 1.29 is 24.6 Å². The Labute approximate surface area is 148 Å². The van der Waals surface area contributed by atoms with E-state index in [-0.39, 0.29) is 5.92 Å². The lowest BCUT2D eigenvalue weighted by Crippen LogP contribution is -2.57. The van der Waals surface area contributed by atoms with Gasteiger partial charge in [0.15, 0.2) is 0 Å². The number of allylic oxidation sites excluding steroid dienone is 1. The number of rotatable bonds is 4. The van der Waals surface area contributed by atoms with Crippen LogP contribution in [-0.4, -0.2) is 28.4 Å². The molecule has 5 nitrogen and oxygen atoms in total. The average molecular weight is 348 g/mol. The summed E-state index contributed by atoms with van der Waals surface area (Å²) in [6, 6.07) is 0. The number of aldehydes is 1. The number of carbonyl (C=O) groups is 3. The van der Waals surface area contributed by atoms with E-state index in [1.54, 1.807) is 6.92 Å². The zero-order valence-corrected chi connectivity index (χ0v) is 15.1. The zero-order valence-electron chi connectivity index (χ0n) is 15.1. The summed E-state index contributed by atoms with van der Waals surface area (Å²) in [5, 5.41) is 19.8. The highest BCUT2D eigenvalue weighted by atomic mass is 16.4. The Bertz CT molecular complexity index is 640. The molecule has 0 aromatic heterocycles. The third-order valence-corrected chi connectivity index (χ3v) is 7.73. The number of fused-ring (bicyclic) bond motifs is 2. The lowest BCUT2D eigenvalue weighted by atomic mass is 9.46. The number of aliphatic carboxylic acids is 2. The van der Waals surface area contributed by atoms with E-state index in [4.69, 9.17) is 0 Å². The van der Waals surface area contributed by atoms with Gasteiger partial charge in [0.25, 0.3) is 0 Å². The van der Waals surface area contributed by atoms with Crippen molar-refractivity contribution in [1.82, 2.24) is 0 Å². The molecule has 0 amide bonds. The number of hydrogen-bond donors (Lipinski definition) is 2. The first-order chi connectivity index (χ1) is 11.6. The molecule has 3 rings (SSSR count). The van der Waals surface area contributed by atoms with Crippen molar-refractivity contribution in [3.63, 3.8) is 0 Å². The quantitative estimate of drug-likeness (QED) is 0.599. The van der Waals surface area contributed by atoms with Crippen molar-refractivity contribution in [3.8, 4) is 0 Å². The molecular formula is C20H28O5. The highest BCUT2D eigenvalue weighted by Gasteiger charge is 2.64. The van der Waals surface area contributed by atoms with Crippen LogP contribution in [0.15, 0.2) is 12.2 Å². The summed E-state index contributed by atoms with van der Waals surface area (Å²) in [6.07, 6.45) is 5.79. The molecule has 0 spiro atoms. The second-order valence-corrected chi connectivity index (χ2v) is 9.07. The molecule has 138 valence electrons. The van der Waals surface area contributed by atoms with Crippen LogP contribution in [0.4, 0.5) is 0 Å². The number of carbonyl (C=O) groups excluding carboxylic acids is 1. The molecule has 6 atom stereocenters. The summed E-state index contributed by atoms with van der Waals surface area (Å²) >= 11 is 0. The van der Waals surface area contributed by atoms with Gasteiger partial charge >= 0.3 is 11.9 Å². The van der Waals surface area contributed by atoms with Crippen molar-refractivity contribution >= 4 is 18.2 Å². The van der Waals surface area contributed by atoms with Crippen LogP contribution in [-0.2, 0) is 14.4 Å². The fraction of sp³-hybridized carbons (Fsp3) is 0.750. The van der Waals surface area contributed by atoms with Crippen molar-refractivity contribution in [2.45, 2.75) is 58.8 Å². The van der Waals surface area contributed by atoms with Crippen LogP contribution < -0.4 is 0 Å². The topological polar surface area (TPSA) is 91.7 Å².